The molecule has 16 heavy (non-hydrogen) atoms. The van der Waals surface area contributed by atoms with Gasteiger partial charge in [0, 0.05) is 0 Å². The van der Waals surface area contributed by atoms with Gasteiger partial charge in [-0.25, -0.2) is 0 Å². The molecule has 0 atom stereocenters. The summed E-state index contributed by atoms with van der Waals surface area (Å²) in [4.78, 5) is 0. The van der Waals surface area contributed by atoms with Crippen molar-refractivity contribution in [3.63, 3.8) is 0 Å². The van der Waals surface area contributed by atoms with Gasteiger partial charge in [0.2, 0.25) is 0 Å². The van der Waals surface area contributed by atoms with Crippen molar-refractivity contribution in [2.75, 3.05) is 0 Å². The Morgan fingerprint density at radius 3 is 1.94 bits per heavy atom. The van der Waals surface area contributed by atoms with Gasteiger partial charge >= 0.3 is 0 Å². The number of para-hydroxylation sites is 1. The second-order valence-corrected chi connectivity index (χ2v) is 3.33. The molecule has 0 aliphatic carbocycles. The minimum Gasteiger partial charge on any atom is -0.457 e. The number of hydrogen-bond acceptors (Lipinski definition) is 3. The van der Waals surface area contributed by atoms with E-state index in [1.165, 1.54) is 0 Å². The van der Waals surface area contributed by atoms with Gasteiger partial charge in [0.25, 0.3) is 12.4 Å². The fraction of sp³-hybridized carbons (Fsp3) is 0. The molecule has 0 saturated heterocycles. The minimum absolute atomic E-state index is 0.176. The molecule has 2 rings (SSSR count). The van der Waals surface area contributed by atoms with Crippen LogP contribution in [0.4, 0.5) is 3.89 Å². The fourth-order valence-corrected chi connectivity index (χ4v) is 1.41. The zero-order valence-corrected chi connectivity index (χ0v) is 9.12. The summed E-state index contributed by atoms with van der Waals surface area (Å²) in [6.45, 7) is 0. The Hall–Kier alpha value is -1.68. The summed E-state index contributed by atoms with van der Waals surface area (Å²) >= 11 is -0.176. The third-order valence-electron chi connectivity index (χ3n) is 1.93. The predicted octanol–water partition coefficient (Wildman–Crippen LogP) is 4.39. The van der Waals surface area contributed by atoms with Crippen LogP contribution in [0.15, 0.2) is 54.6 Å². The Morgan fingerprint density at radius 2 is 1.31 bits per heavy atom. The van der Waals surface area contributed by atoms with Gasteiger partial charge in [-0.3, -0.25) is 0 Å². The third-order valence-corrected chi connectivity index (χ3v) is 2.19. The molecule has 0 aliphatic rings. The molecule has 0 heterocycles. The van der Waals surface area contributed by atoms with Gasteiger partial charge in [-0.15, -0.1) is 3.89 Å². The lowest BCUT2D eigenvalue weighted by molar-refractivity contribution is 0.481. The van der Waals surface area contributed by atoms with E-state index in [0.717, 1.165) is 5.75 Å². The van der Waals surface area contributed by atoms with Crippen LogP contribution in [0, 0.1) is 0 Å². The summed E-state index contributed by atoms with van der Waals surface area (Å²) in [5, 5.41) is 0. The highest BCUT2D eigenvalue weighted by atomic mass is 32.2. The van der Waals surface area contributed by atoms with E-state index in [0.29, 0.717) is 11.5 Å². The Labute approximate surface area is 97.5 Å². The number of benzene rings is 2. The molecule has 0 fully saturated rings. The molecule has 2 aromatic carbocycles. The van der Waals surface area contributed by atoms with Crippen molar-refractivity contribution in [1.82, 2.24) is 0 Å². The smallest absolute Gasteiger partial charge is 0.272 e. The quantitative estimate of drug-likeness (QED) is 0.733. The summed E-state index contributed by atoms with van der Waals surface area (Å²) < 4.78 is 22.0. The van der Waals surface area contributed by atoms with Crippen LogP contribution >= 0.6 is 12.4 Å². The first-order chi connectivity index (χ1) is 7.88. The van der Waals surface area contributed by atoms with Gasteiger partial charge in [-0.2, -0.15) is 0 Å². The van der Waals surface area contributed by atoms with Gasteiger partial charge in [-0.05, 0) is 36.4 Å². The summed E-state index contributed by atoms with van der Waals surface area (Å²) in [6.07, 6.45) is 0. The van der Waals surface area contributed by atoms with Crippen LogP contribution in [-0.2, 0) is 0 Å². The minimum atomic E-state index is -0.176. The largest absolute Gasteiger partial charge is 0.457 e. The lowest BCUT2D eigenvalue weighted by atomic mass is 10.3. The van der Waals surface area contributed by atoms with Crippen LogP contribution in [0.3, 0.4) is 0 Å². The van der Waals surface area contributed by atoms with Crippen LogP contribution < -0.4 is 8.92 Å². The van der Waals surface area contributed by atoms with Crippen molar-refractivity contribution in [3.05, 3.63) is 54.6 Å². The average Bonchev–Trinajstić information content (AvgIpc) is 2.33. The Balaban J connectivity index is 2.05. The highest BCUT2D eigenvalue weighted by Crippen LogP contribution is 2.24. The molecule has 0 N–H and O–H groups in total. The molecular weight excluding hydrogens is 227 g/mol. The molecular formula is C12H9FO2S. The predicted molar refractivity (Wildman–Crippen MR) is 62.3 cm³/mol. The van der Waals surface area contributed by atoms with E-state index in [-0.39, 0.29) is 12.4 Å². The molecule has 0 saturated carbocycles. The van der Waals surface area contributed by atoms with E-state index in [1.54, 1.807) is 24.3 Å². The van der Waals surface area contributed by atoms with Crippen LogP contribution in [0.25, 0.3) is 0 Å². The van der Waals surface area contributed by atoms with Crippen LogP contribution in [0.1, 0.15) is 0 Å². The molecule has 82 valence electrons. The highest BCUT2D eigenvalue weighted by molar-refractivity contribution is 7.89. The first-order valence-electron chi connectivity index (χ1n) is 4.67. The normalized spacial score (nSPS) is 9.81. The molecule has 0 aromatic heterocycles. The molecule has 0 radical (unpaired) electrons. The molecule has 0 unspecified atom stereocenters. The standard InChI is InChI=1S/C12H9FO2S/c13-16-15-12-8-6-11(7-9-12)14-10-4-2-1-3-5-10/h1-9H. The van der Waals surface area contributed by atoms with Crippen LogP contribution in [0.5, 0.6) is 17.2 Å². The van der Waals surface area contributed by atoms with Crippen LogP contribution in [0.2, 0.25) is 0 Å². The molecule has 0 amide bonds. The second-order valence-electron chi connectivity index (χ2n) is 3.03. The second kappa shape index (κ2) is 5.42. The average molecular weight is 236 g/mol. The van der Waals surface area contributed by atoms with Crippen molar-refractivity contribution in [2.45, 2.75) is 0 Å². The van der Waals surface area contributed by atoms with Crippen molar-refractivity contribution >= 4 is 12.4 Å². The fourth-order valence-electron chi connectivity index (χ4n) is 1.22. The van der Waals surface area contributed by atoms with E-state index in [1.807, 2.05) is 30.3 Å². The zero-order chi connectivity index (χ0) is 11.2. The first kappa shape index (κ1) is 10.8. The monoisotopic (exact) mass is 236 g/mol. The number of hydrogen-bond donors (Lipinski definition) is 0. The summed E-state index contributed by atoms with van der Waals surface area (Å²) in [5.74, 6) is 1.89. The Morgan fingerprint density at radius 1 is 0.750 bits per heavy atom. The van der Waals surface area contributed by atoms with Gasteiger partial charge in [0.05, 0.1) is 0 Å². The number of rotatable bonds is 4. The highest BCUT2D eigenvalue weighted by Gasteiger charge is 1.98. The molecule has 4 heteroatoms. The van der Waals surface area contributed by atoms with E-state index >= 15 is 0 Å². The molecule has 2 nitrogen and oxygen atoms in total. The Bertz CT molecular complexity index is 431. The molecule has 0 spiro atoms. The maximum absolute atomic E-state index is 11.8. The van der Waals surface area contributed by atoms with Gasteiger partial charge in [-0.1, -0.05) is 18.2 Å². The van der Waals surface area contributed by atoms with Crippen molar-refractivity contribution in [1.29, 1.82) is 0 Å². The van der Waals surface area contributed by atoms with Gasteiger partial charge in [0.1, 0.15) is 17.2 Å². The van der Waals surface area contributed by atoms with Crippen molar-refractivity contribution in [3.8, 4) is 17.2 Å². The maximum Gasteiger partial charge on any atom is 0.272 e. The van der Waals surface area contributed by atoms with Gasteiger partial charge in [0.15, 0.2) is 0 Å². The summed E-state index contributed by atoms with van der Waals surface area (Å²) in [5.41, 5.74) is 0. The Kier molecular flexibility index (Phi) is 3.66. The summed E-state index contributed by atoms with van der Waals surface area (Å²) in [6, 6.07) is 16.2. The maximum atomic E-state index is 11.8. The number of ether oxygens (including phenoxy) is 1. The lowest BCUT2D eigenvalue weighted by Crippen LogP contribution is -1.83. The summed E-state index contributed by atoms with van der Waals surface area (Å²) in [7, 11) is 0. The molecule has 2 aromatic rings. The molecule has 0 aliphatic heterocycles. The lowest BCUT2D eigenvalue weighted by Gasteiger charge is -2.05. The first-order valence-corrected chi connectivity index (χ1v) is 5.31. The van der Waals surface area contributed by atoms with E-state index < -0.39 is 0 Å². The zero-order valence-electron chi connectivity index (χ0n) is 8.30. The third kappa shape index (κ3) is 2.90. The van der Waals surface area contributed by atoms with E-state index in [4.69, 9.17) is 4.74 Å². The topological polar surface area (TPSA) is 18.5 Å². The van der Waals surface area contributed by atoms with Gasteiger partial charge < -0.3 is 8.92 Å². The van der Waals surface area contributed by atoms with Crippen molar-refractivity contribution in [2.24, 2.45) is 0 Å². The van der Waals surface area contributed by atoms with Crippen LogP contribution in [-0.4, -0.2) is 0 Å². The molecule has 0 bridgehead atoms. The van der Waals surface area contributed by atoms with E-state index in [9.17, 15) is 3.89 Å². The SMILES string of the molecule is FSOc1ccc(Oc2ccccc2)cc1. The van der Waals surface area contributed by atoms with E-state index in [2.05, 4.69) is 4.18 Å². The number of halogens is 1. The van der Waals surface area contributed by atoms with Crippen molar-refractivity contribution < 1.29 is 12.8 Å².